The van der Waals surface area contributed by atoms with Crippen LogP contribution in [0, 0.1) is 19.3 Å². The van der Waals surface area contributed by atoms with Crippen LogP contribution in [0.2, 0.25) is 0 Å². The number of hydrogen-bond donors (Lipinski definition) is 0. The Bertz CT molecular complexity index is 1530. The fourth-order valence-corrected chi connectivity index (χ4v) is 5.36. The monoisotopic (exact) mass is 496 g/mol. The molecule has 4 aromatic rings. The molecule has 3 atom stereocenters. The van der Waals surface area contributed by atoms with Crippen molar-refractivity contribution in [1.29, 1.82) is 0 Å². The van der Waals surface area contributed by atoms with Gasteiger partial charge >= 0.3 is 0 Å². The number of nitrogens with zero attached hydrogens (tertiary/aromatic N) is 6. The molecule has 0 saturated carbocycles. The van der Waals surface area contributed by atoms with Crippen LogP contribution in [0.5, 0.6) is 0 Å². The van der Waals surface area contributed by atoms with Crippen LogP contribution < -0.4 is 10.5 Å². The van der Waals surface area contributed by atoms with Gasteiger partial charge in [0, 0.05) is 44.0 Å². The minimum absolute atomic E-state index is 0.0192. The molecule has 188 valence electrons. The number of rotatable bonds is 4. The van der Waals surface area contributed by atoms with E-state index in [4.69, 9.17) is 11.6 Å². The summed E-state index contributed by atoms with van der Waals surface area (Å²) in [6.45, 7) is 14.9. The number of hydrogen-bond acceptors (Lipinski definition) is 5. The lowest BCUT2D eigenvalue weighted by Gasteiger charge is -2.48. The van der Waals surface area contributed by atoms with Crippen molar-refractivity contribution < 1.29 is 4.39 Å². The Hall–Kier alpha value is -4.09. The third-order valence-corrected chi connectivity index (χ3v) is 7.20. The highest BCUT2D eigenvalue weighted by Crippen LogP contribution is 2.35. The van der Waals surface area contributed by atoms with Crippen LogP contribution in [-0.2, 0) is 7.05 Å². The number of benzene rings is 1. The summed E-state index contributed by atoms with van der Waals surface area (Å²) in [6, 6.07) is 17.6. The standard InChI is InChI=1S/C29H29FN6O/c1-18-8-6-11-23(32-18)29(21-9-7-10-22(30)14-21)36-17-19(2)35(16-20(36)3)25-15-27(37)34(5)24-12-13-26(31-4)33-28(24)25/h6-15,19-20,29H,16-17H2,1-3,5H3/t19-,20+,29?/m0/s1. The second-order valence-electron chi connectivity index (χ2n) is 9.78. The number of pyridine rings is 3. The van der Waals surface area contributed by atoms with Crippen LogP contribution in [0.1, 0.15) is 36.8 Å². The summed E-state index contributed by atoms with van der Waals surface area (Å²) in [7, 11) is 1.72. The minimum atomic E-state index is -0.275. The molecule has 0 aliphatic carbocycles. The maximum absolute atomic E-state index is 14.3. The lowest BCUT2D eigenvalue weighted by molar-refractivity contribution is 0.127. The molecule has 1 fully saturated rings. The lowest BCUT2D eigenvalue weighted by Crippen LogP contribution is -2.57. The average molecular weight is 497 g/mol. The summed E-state index contributed by atoms with van der Waals surface area (Å²) in [4.78, 5) is 30.3. The van der Waals surface area contributed by atoms with E-state index in [0.717, 1.165) is 22.6 Å². The van der Waals surface area contributed by atoms with Crippen molar-refractivity contribution in [2.75, 3.05) is 18.0 Å². The molecule has 1 saturated heterocycles. The fourth-order valence-electron chi connectivity index (χ4n) is 5.36. The van der Waals surface area contributed by atoms with E-state index in [-0.39, 0.29) is 29.5 Å². The molecule has 0 N–H and O–H groups in total. The first-order valence-electron chi connectivity index (χ1n) is 12.4. The van der Waals surface area contributed by atoms with Crippen LogP contribution in [0.25, 0.3) is 15.9 Å². The van der Waals surface area contributed by atoms with Crippen molar-refractivity contribution in [2.24, 2.45) is 7.05 Å². The SMILES string of the molecule is [C-]#[N+]c1ccc2c(n1)c(N1C[C@@H](C)N(C(c3cccc(F)c3)c3cccc(C)n3)C[C@@H]1C)cc(=O)n2C. The number of fused-ring (bicyclic) bond motifs is 1. The first-order valence-corrected chi connectivity index (χ1v) is 12.4. The average Bonchev–Trinajstić information content (AvgIpc) is 2.88. The van der Waals surface area contributed by atoms with Crippen LogP contribution in [0.15, 0.2) is 65.5 Å². The molecule has 0 radical (unpaired) electrons. The molecule has 1 aliphatic heterocycles. The van der Waals surface area contributed by atoms with Gasteiger partial charge in [-0.3, -0.25) is 14.7 Å². The quantitative estimate of drug-likeness (QED) is 0.372. The summed E-state index contributed by atoms with van der Waals surface area (Å²) in [5.41, 5.74) is 4.59. The minimum Gasteiger partial charge on any atom is -0.362 e. The van der Waals surface area contributed by atoms with Gasteiger partial charge in [-0.2, -0.15) is 0 Å². The largest absolute Gasteiger partial charge is 0.362 e. The fraction of sp³-hybridized carbons (Fsp3) is 0.310. The van der Waals surface area contributed by atoms with Gasteiger partial charge in [0.15, 0.2) is 0 Å². The molecular weight excluding hydrogens is 467 g/mol. The molecule has 5 rings (SSSR count). The highest BCUT2D eigenvalue weighted by Gasteiger charge is 2.37. The highest BCUT2D eigenvalue weighted by molar-refractivity contribution is 5.89. The zero-order valence-corrected chi connectivity index (χ0v) is 21.4. The Kier molecular flexibility index (Phi) is 6.48. The lowest BCUT2D eigenvalue weighted by atomic mass is 9.96. The smallest absolute Gasteiger partial charge is 0.270 e. The normalized spacial score (nSPS) is 19.1. The van der Waals surface area contributed by atoms with Crippen LogP contribution in [-0.4, -0.2) is 44.6 Å². The van der Waals surface area contributed by atoms with Crippen molar-refractivity contribution in [1.82, 2.24) is 19.4 Å². The summed E-state index contributed by atoms with van der Waals surface area (Å²) in [5.74, 6) is 0.0196. The number of aryl methyl sites for hydroxylation is 2. The van der Waals surface area contributed by atoms with Crippen molar-refractivity contribution in [3.63, 3.8) is 0 Å². The second-order valence-corrected chi connectivity index (χ2v) is 9.78. The second kappa shape index (κ2) is 9.75. The van der Waals surface area contributed by atoms with Gasteiger partial charge in [0.25, 0.3) is 11.4 Å². The predicted octanol–water partition coefficient (Wildman–Crippen LogP) is 5.02. The Labute approximate surface area is 215 Å². The van der Waals surface area contributed by atoms with Crippen LogP contribution >= 0.6 is 0 Å². The van der Waals surface area contributed by atoms with Gasteiger partial charge in [0.2, 0.25) is 5.52 Å². The number of anilines is 1. The van der Waals surface area contributed by atoms with Crippen molar-refractivity contribution in [3.8, 4) is 0 Å². The Morgan fingerprint density at radius 2 is 1.81 bits per heavy atom. The van der Waals surface area contributed by atoms with Crippen LogP contribution in [0.3, 0.4) is 0 Å². The maximum Gasteiger partial charge on any atom is 0.270 e. The first-order chi connectivity index (χ1) is 17.8. The van der Waals surface area contributed by atoms with E-state index in [2.05, 4.69) is 33.5 Å². The topological polar surface area (TPSA) is 58.6 Å². The Morgan fingerprint density at radius 3 is 2.54 bits per heavy atom. The molecule has 7 nitrogen and oxygen atoms in total. The molecular formula is C29H29FN6O. The summed E-state index contributed by atoms with van der Waals surface area (Å²) >= 11 is 0. The third-order valence-electron chi connectivity index (χ3n) is 7.20. The van der Waals surface area contributed by atoms with Gasteiger partial charge in [-0.05, 0) is 62.7 Å². The van der Waals surface area contributed by atoms with E-state index in [1.54, 1.807) is 41.9 Å². The molecule has 3 aromatic heterocycles. The van der Waals surface area contributed by atoms with E-state index in [0.29, 0.717) is 29.9 Å². The van der Waals surface area contributed by atoms with Gasteiger partial charge in [-0.15, -0.1) is 4.98 Å². The summed E-state index contributed by atoms with van der Waals surface area (Å²) < 4.78 is 15.9. The van der Waals surface area contributed by atoms with Gasteiger partial charge in [0.1, 0.15) is 5.82 Å². The van der Waals surface area contributed by atoms with Crippen LogP contribution in [0.4, 0.5) is 15.9 Å². The third kappa shape index (κ3) is 4.58. The van der Waals surface area contributed by atoms with Gasteiger partial charge in [-0.1, -0.05) is 24.8 Å². The van der Waals surface area contributed by atoms with Gasteiger partial charge in [0.05, 0.1) is 22.9 Å². The van der Waals surface area contributed by atoms with Crippen molar-refractivity contribution in [3.05, 3.63) is 105 Å². The molecule has 1 aromatic carbocycles. The van der Waals surface area contributed by atoms with E-state index in [1.807, 2.05) is 31.2 Å². The molecule has 0 bridgehead atoms. The Balaban J connectivity index is 1.57. The molecule has 37 heavy (non-hydrogen) atoms. The summed E-state index contributed by atoms with van der Waals surface area (Å²) in [6.07, 6.45) is 0. The molecule has 0 amide bonds. The highest BCUT2D eigenvalue weighted by atomic mass is 19.1. The number of piperazine rings is 1. The maximum atomic E-state index is 14.3. The van der Waals surface area contributed by atoms with Gasteiger partial charge < -0.3 is 14.3 Å². The van der Waals surface area contributed by atoms with E-state index >= 15 is 0 Å². The van der Waals surface area contributed by atoms with Crippen molar-refractivity contribution in [2.45, 2.75) is 38.9 Å². The predicted molar refractivity (Wildman–Crippen MR) is 143 cm³/mol. The molecule has 8 heteroatoms. The van der Waals surface area contributed by atoms with E-state index < -0.39 is 0 Å². The molecule has 0 spiro atoms. The van der Waals surface area contributed by atoms with Crippen molar-refractivity contribution >= 4 is 22.5 Å². The Morgan fingerprint density at radius 1 is 1.03 bits per heavy atom. The van der Waals surface area contributed by atoms with Gasteiger partial charge in [-0.25, -0.2) is 4.39 Å². The zero-order valence-electron chi connectivity index (χ0n) is 21.4. The molecule has 4 heterocycles. The number of aromatic nitrogens is 3. The molecule has 1 aliphatic rings. The number of halogens is 1. The zero-order chi connectivity index (χ0) is 26.3. The van der Waals surface area contributed by atoms with E-state index in [1.165, 1.54) is 6.07 Å². The molecule has 1 unspecified atom stereocenters. The van der Waals surface area contributed by atoms with E-state index in [9.17, 15) is 9.18 Å². The summed E-state index contributed by atoms with van der Waals surface area (Å²) in [5, 5.41) is 0. The first kappa shape index (κ1) is 24.6.